The Morgan fingerprint density at radius 2 is 2.20 bits per heavy atom. The summed E-state index contributed by atoms with van der Waals surface area (Å²) in [4.78, 5) is 14.1. The summed E-state index contributed by atoms with van der Waals surface area (Å²) in [7, 11) is 0. The predicted molar refractivity (Wildman–Crippen MR) is 52.1 cm³/mol. The van der Waals surface area contributed by atoms with Gasteiger partial charge in [-0.3, -0.25) is 4.79 Å². The zero-order valence-corrected chi connectivity index (χ0v) is 7.85. The van der Waals surface area contributed by atoms with Gasteiger partial charge in [-0.25, -0.2) is 4.39 Å². The van der Waals surface area contributed by atoms with E-state index in [1.54, 1.807) is 24.3 Å². The molecule has 5 heteroatoms. The Morgan fingerprint density at radius 1 is 1.47 bits per heavy atom. The summed E-state index contributed by atoms with van der Waals surface area (Å²) in [5, 5.41) is 2.96. The lowest BCUT2D eigenvalue weighted by Crippen LogP contribution is -2.36. The van der Waals surface area contributed by atoms with Crippen LogP contribution in [-0.4, -0.2) is 11.6 Å². The second kappa shape index (κ2) is 3.37. The van der Waals surface area contributed by atoms with Crippen LogP contribution in [0.3, 0.4) is 0 Å². The first-order valence-electron chi connectivity index (χ1n) is 4.55. The number of hydrogen-bond acceptors (Lipinski definition) is 2. The Balaban J connectivity index is 2.50. The van der Waals surface area contributed by atoms with E-state index in [9.17, 15) is 9.18 Å². The molecule has 0 saturated heterocycles. The molecular weight excluding hydrogens is 197 g/mol. The fourth-order valence-electron chi connectivity index (χ4n) is 1.75. The molecule has 1 atom stereocenters. The minimum Gasteiger partial charge on any atom is -0.290 e. The van der Waals surface area contributed by atoms with Crippen molar-refractivity contribution in [3.63, 3.8) is 0 Å². The van der Waals surface area contributed by atoms with Crippen LogP contribution in [0.25, 0.3) is 10.4 Å². The Bertz CT molecular complexity index is 467. The summed E-state index contributed by atoms with van der Waals surface area (Å²) in [5.41, 5.74) is 9.34. The topological polar surface area (TPSA) is 65.8 Å². The Kier molecular flexibility index (Phi) is 2.17. The van der Waals surface area contributed by atoms with Crippen molar-refractivity contribution in [2.75, 3.05) is 0 Å². The average Bonchev–Trinajstić information content (AvgIpc) is 2.25. The first kappa shape index (κ1) is 9.68. The third-order valence-electron chi connectivity index (χ3n) is 2.54. The number of ketones is 1. The third-order valence-corrected chi connectivity index (χ3v) is 2.54. The lowest BCUT2D eigenvalue weighted by atomic mass is 9.86. The second-order valence-corrected chi connectivity index (χ2v) is 3.44. The molecule has 0 radical (unpaired) electrons. The van der Waals surface area contributed by atoms with Gasteiger partial charge in [-0.2, -0.15) is 0 Å². The molecule has 2 rings (SSSR count). The number of benzene rings is 1. The number of carbonyl (C=O) groups is 1. The van der Waals surface area contributed by atoms with Gasteiger partial charge in [0.05, 0.1) is 0 Å². The lowest BCUT2D eigenvalue weighted by Gasteiger charge is -2.24. The molecule has 4 nitrogen and oxygen atoms in total. The van der Waals surface area contributed by atoms with Gasteiger partial charge in [0.25, 0.3) is 5.79 Å². The van der Waals surface area contributed by atoms with Crippen LogP contribution in [0.2, 0.25) is 0 Å². The summed E-state index contributed by atoms with van der Waals surface area (Å²) in [6, 6.07) is 6.80. The number of nitrogens with zero attached hydrogens (tertiary/aromatic N) is 3. The minimum absolute atomic E-state index is 0.0765. The first-order chi connectivity index (χ1) is 7.17. The van der Waals surface area contributed by atoms with E-state index in [1.165, 1.54) is 0 Å². The second-order valence-electron chi connectivity index (χ2n) is 3.44. The van der Waals surface area contributed by atoms with Gasteiger partial charge in [-0.15, -0.1) is 0 Å². The lowest BCUT2D eigenvalue weighted by molar-refractivity contribution is 0.0655. The summed E-state index contributed by atoms with van der Waals surface area (Å²) < 4.78 is 13.9. The van der Waals surface area contributed by atoms with Crippen LogP contribution < -0.4 is 0 Å². The van der Waals surface area contributed by atoms with E-state index in [2.05, 4.69) is 10.0 Å². The van der Waals surface area contributed by atoms with Crippen LogP contribution in [-0.2, 0) is 6.42 Å². The SMILES string of the molecule is [N-]=[N+]=NC1(F)CCc2ccccc2C1=O. The average molecular weight is 205 g/mol. The van der Waals surface area contributed by atoms with Crippen LogP contribution in [0.15, 0.2) is 29.4 Å². The number of halogens is 1. The van der Waals surface area contributed by atoms with Crippen molar-refractivity contribution < 1.29 is 9.18 Å². The smallest absolute Gasteiger partial charge is 0.251 e. The number of carbonyl (C=O) groups excluding carboxylic acids is 1. The van der Waals surface area contributed by atoms with Crippen LogP contribution in [0.1, 0.15) is 22.3 Å². The van der Waals surface area contributed by atoms with Gasteiger partial charge >= 0.3 is 0 Å². The standard InChI is InChI=1S/C10H8FN3O/c11-10(13-14-12)6-5-7-3-1-2-4-8(7)9(10)15/h1-4H,5-6H2. The maximum Gasteiger partial charge on any atom is 0.251 e. The summed E-state index contributed by atoms with van der Waals surface area (Å²) in [5.74, 6) is -3.13. The zero-order valence-electron chi connectivity index (χ0n) is 7.85. The van der Waals surface area contributed by atoms with Gasteiger partial charge in [0, 0.05) is 10.5 Å². The molecule has 0 bridgehead atoms. The molecule has 0 aliphatic heterocycles. The Labute approximate surface area is 85.3 Å². The molecule has 0 heterocycles. The molecule has 0 spiro atoms. The largest absolute Gasteiger partial charge is 0.290 e. The molecular formula is C10H8FN3O. The van der Waals surface area contributed by atoms with Crippen molar-refractivity contribution in [2.45, 2.75) is 18.6 Å². The van der Waals surface area contributed by atoms with E-state index in [-0.39, 0.29) is 6.42 Å². The number of Topliss-reactive ketones (excluding diaryl/α,β-unsaturated/α-hetero) is 1. The number of azide groups is 1. The molecule has 0 saturated carbocycles. The van der Waals surface area contributed by atoms with E-state index < -0.39 is 11.6 Å². The van der Waals surface area contributed by atoms with E-state index in [0.717, 1.165) is 5.56 Å². The van der Waals surface area contributed by atoms with E-state index in [4.69, 9.17) is 5.53 Å². The highest BCUT2D eigenvalue weighted by atomic mass is 19.1. The van der Waals surface area contributed by atoms with Crippen molar-refractivity contribution in [1.29, 1.82) is 0 Å². The summed E-state index contributed by atoms with van der Waals surface area (Å²) in [6.45, 7) is 0. The van der Waals surface area contributed by atoms with Crippen molar-refractivity contribution in [3.8, 4) is 0 Å². The summed E-state index contributed by atoms with van der Waals surface area (Å²) in [6.07, 6.45) is 0.338. The van der Waals surface area contributed by atoms with Crippen molar-refractivity contribution in [3.05, 3.63) is 45.8 Å². The molecule has 0 N–H and O–H groups in total. The van der Waals surface area contributed by atoms with Gasteiger partial charge in [-0.05, 0) is 29.1 Å². The third kappa shape index (κ3) is 1.47. The number of aryl methyl sites for hydroxylation is 1. The van der Waals surface area contributed by atoms with Crippen LogP contribution in [0.4, 0.5) is 4.39 Å². The quantitative estimate of drug-likeness (QED) is 0.301. The summed E-state index contributed by atoms with van der Waals surface area (Å²) >= 11 is 0. The number of fused-ring (bicyclic) bond motifs is 1. The fraction of sp³-hybridized carbons (Fsp3) is 0.300. The Morgan fingerprint density at radius 3 is 2.93 bits per heavy atom. The van der Waals surface area contributed by atoms with Gasteiger partial charge in [0.15, 0.2) is 0 Å². The molecule has 1 unspecified atom stereocenters. The van der Waals surface area contributed by atoms with Gasteiger partial charge in [-0.1, -0.05) is 24.3 Å². The maximum atomic E-state index is 13.9. The first-order valence-corrected chi connectivity index (χ1v) is 4.55. The van der Waals surface area contributed by atoms with Crippen molar-refractivity contribution in [1.82, 2.24) is 0 Å². The van der Waals surface area contributed by atoms with Crippen LogP contribution in [0.5, 0.6) is 0 Å². The zero-order chi connectivity index (χ0) is 10.9. The molecule has 1 aliphatic carbocycles. The van der Waals surface area contributed by atoms with Crippen LogP contribution in [0, 0.1) is 0 Å². The molecule has 1 aromatic carbocycles. The van der Waals surface area contributed by atoms with E-state index >= 15 is 0 Å². The number of rotatable bonds is 1. The van der Waals surface area contributed by atoms with Crippen LogP contribution >= 0.6 is 0 Å². The molecule has 1 aromatic rings. The molecule has 0 aromatic heterocycles. The highest BCUT2D eigenvalue weighted by molar-refractivity contribution is 6.04. The molecule has 1 aliphatic rings. The van der Waals surface area contributed by atoms with Crippen molar-refractivity contribution in [2.24, 2.45) is 5.11 Å². The Hall–Kier alpha value is -1.87. The maximum absolute atomic E-state index is 13.9. The fourth-order valence-corrected chi connectivity index (χ4v) is 1.75. The van der Waals surface area contributed by atoms with E-state index in [0.29, 0.717) is 12.0 Å². The molecule has 76 valence electrons. The minimum atomic E-state index is -2.40. The van der Waals surface area contributed by atoms with Gasteiger partial charge < -0.3 is 0 Å². The normalized spacial score (nSPS) is 24.2. The van der Waals surface area contributed by atoms with Crippen molar-refractivity contribution >= 4 is 5.78 Å². The van der Waals surface area contributed by atoms with E-state index in [1.807, 2.05) is 0 Å². The number of alkyl halides is 1. The van der Waals surface area contributed by atoms with Gasteiger partial charge in [0.1, 0.15) is 0 Å². The highest BCUT2D eigenvalue weighted by Gasteiger charge is 2.42. The monoisotopic (exact) mass is 205 g/mol. The molecule has 0 fully saturated rings. The van der Waals surface area contributed by atoms with Gasteiger partial charge in [0.2, 0.25) is 5.78 Å². The molecule has 15 heavy (non-hydrogen) atoms. The predicted octanol–water partition coefficient (Wildman–Crippen LogP) is 2.79. The molecule has 0 amide bonds. The number of hydrogen-bond donors (Lipinski definition) is 0. The highest BCUT2D eigenvalue weighted by Crippen LogP contribution is 2.32.